The number of hydrogen-bond acceptors (Lipinski definition) is 3. The van der Waals surface area contributed by atoms with Crippen LogP contribution in [0.25, 0.3) is 0 Å². The van der Waals surface area contributed by atoms with E-state index in [2.05, 4.69) is 6.92 Å². The molecule has 0 radical (unpaired) electrons. The van der Waals surface area contributed by atoms with Gasteiger partial charge in [0.15, 0.2) is 0 Å². The minimum Gasteiger partial charge on any atom is -0.326 e. The molecule has 0 saturated carbocycles. The first-order chi connectivity index (χ1) is 8.95. The molecular formula is C14H22N2O2S. The minimum absolute atomic E-state index is 0.386. The van der Waals surface area contributed by atoms with E-state index in [4.69, 9.17) is 5.73 Å². The van der Waals surface area contributed by atoms with Gasteiger partial charge in [-0.15, -0.1) is 0 Å². The Kier molecular flexibility index (Phi) is 4.28. The van der Waals surface area contributed by atoms with Crippen molar-refractivity contribution in [3.05, 3.63) is 29.3 Å². The zero-order valence-electron chi connectivity index (χ0n) is 11.6. The van der Waals surface area contributed by atoms with Crippen molar-refractivity contribution in [1.82, 2.24) is 4.31 Å². The molecule has 0 unspecified atom stereocenters. The van der Waals surface area contributed by atoms with Crippen LogP contribution >= 0.6 is 0 Å². The van der Waals surface area contributed by atoms with Crippen LogP contribution in [0, 0.1) is 12.8 Å². The summed E-state index contributed by atoms with van der Waals surface area (Å²) in [5.41, 5.74) is 7.54. The lowest BCUT2D eigenvalue weighted by Gasteiger charge is -2.29. The van der Waals surface area contributed by atoms with Crippen molar-refractivity contribution in [2.75, 3.05) is 13.1 Å². The van der Waals surface area contributed by atoms with Gasteiger partial charge in [-0.3, -0.25) is 0 Å². The highest BCUT2D eigenvalue weighted by Gasteiger charge is 2.28. The second-order valence-electron chi connectivity index (χ2n) is 5.38. The SMILES string of the molecule is Cc1cc(S(=O)(=O)N2CCC(C)CC2)ccc1CN. The molecule has 0 aromatic heterocycles. The normalized spacial score (nSPS) is 18.7. The summed E-state index contributed by atoms with van der Waals surface area (Å²) >= 11 is 0. The maximum Gasteiger partial charge on any atom is 0.243 e. The molecule has 0 bridgehead atoms. The van der Waals surface area contributed by atoms with Crippen molar-refractivity contribution in [3.63, 3.8) is 0 Å². The molecule has 1 saturated heterocycles. The molecule has 5 heteroatoms. The third-order valence-corrected chi connectivity index (χ3v) is 5.81. The number of rotatable bonds is 3. The Morgan fingerprint density at radius 1 is 1.32 bits per heavy atom. The maximum atomic E-state index is 12.5. The number of nitrogens with zero attached hydrogens (tertiary/aromatic N) is 1. The van der Waals surface area contributed by atoms with E-state index in [-0.39, 0.29) is 0 Å². The second-order valence-corrected chi connectivity index (χ2v) is 7.32. The van der Waals surface area contributed by atoms with Crippen LogP contribution in [0.15, 0.2) is 23.1 Å². The van der Waals surface area contributed by atoms with Crippen LogP contribution in [-0.4, -0.2) is 25.8 Å². The van der Waals surface area contributed by atoms with E-state index in [1.54, 1.807) is 16.4 Å². The van der Waals surface area contributed by atoms with Gasteiger partial charge in [-0.1, -0.05) is 13.0 Å². The predicted octanol–water partition coefficient (Wildman–Crippen LogP) is 1.87. The van der Waals surface area contributed by atoms with Crippen LogP contribution < -0.4 is 5.73 Å². The highest BCUT2D eigenvalue weighted by Crippen LogP contribution is 2.24. The Balaban J connectivity index is 2.27. The lowest BCUT2D eigenvalue weighted by molar-refractivity contribution is 0.288. The lowest BCUT2D eigenvalue weighted by atomic mass is 10.0. The summed E-state index contributed by atoms with van der Waals surface area (Å²) < 4.78 is 26.7. The Morgan fingerprint density at radius 3 is 2.47 bits per heavy atom. The largest absolute Gasteiger partial charge is 0.326 e. The van der Waals surface area contributed by atoms with Crippen molar-refractivity contribution in [1.29, 1.82) is 0 Å². The molecule has 19 heavy (non-hydrogen) atoms. The van der Waals surface area contributed by atoms with E-state index in [1.807, 2.05) is 13.0 Å². The van der Waals surface area contributed by atoms with Crippen molar-refractivity contribution < 1.29 is 8.42 Å². The fourth-order valence-corrected chi connectivity index (χ4v) is 3.99. The molecule has 2 N–H and O–H groups in total. The monoisotopic (exact) mass is 282 g/mol. The Bertz CT molecular complexity index is 547. The van der Waals surface area contributed by atoms with Crippen LogP contribution in [0.2, 0.25) is 0 Å². The average Bonchev–Trinajstić information content (AvgIpc) is 2.39. The summed E-state index contributed by atoms with van der Waals surface area (Å²) in [4.78, 5) is 0.386. The Labute approximate surface area is 115 Å². The van der Waals surface area contributed by atoms with Crippen LogP contribution in [0.3, 0.4) is 0 Å². The van der Waals surface area contributed by atoms with E-state index in [1.165, 1.54) is 0 Å². The number of benzene rings is 1. The smallest absolute Gasteiger partial charge is 0.243 e. The third kappa shape index (κ3) is 2.99. The topological polar surface area (TPSA) is 63.4 Å². The first-order valence-electron chi connectivity index (χ1n) is 6.75. The zero-order valence-corrected chi connectivity index (χ0v) is 12.4. The van der Waals surface area contributed by atoms with Gasteiger partial charge in [-0.2, -0.15) is 4.31 Å². The molecule has 0 amide bonds. The standard InChI is InChI=1S/C14H22N2O2S/c1-11-5-7-16(8-6-11)19(17,18)14-4-3-13(10-15)12(2)9-14/h3-4,9,11H,5-8,10,15H2,1-2H3. The van der Waals surface area contributed by atoms with Crippen molar-refractivity contribution in [2.24, 2.45) is 11.7 Å². The molecule has 0 atom stereocenters. The van der Waals surface area contributed by atoms with Crippen LogP contribution in [0.5, 0.6) is 0 Å². The maximum absolute atomic E-state index is 12.5. The fraction of sp³-hybridized carbons (Fsp3) is 0.571. The van der Waals surface area contributed by atoms with E-state index in [0.717, 1.165) is 24.0 Å². The van der Waals surface area contributed by atoms with E-state index in [9.17, 15) is 8.42 Å². The van der Waals surface area contributed by atoms with Crippen LogP contribution in [0.1, 0.15) is 30.9 Å². The molecule has 4 nitrogen and oxygen atoms in total. The molecular weight excluding hydrogens is 260 g/mol. The molecule has 1 aliphatic rings. The van der Waals surface area contributed by atoms with Gasteiger partial charge in [-0.25, -0.2) is 8.42 Å². The van der Waals surface area contributed by atoms with Gasteiger partial charge in [0.2, 0.25) is 10.0 Å². The van der Waals surface area contributed by atoms with Gasteiger partial charge in [0.05, 0.1) is 4.90 Å². The molecule has 2 rings (SSSR count). The summed E-state index contributed by atoms with van der Waals surface area (Å²) in [6.45, 7) is 5.76. The second kappa shape index (κ2) is 5.61. The van der Waals surface area contributed by atoms with Crippen molar-refractivity contribution in [3.8, 4) is 0 Å². The first kappa shape index (κ1) is 14.5. The number of nitrogens with two attached hydrogens (primary N) is 1. The highest BCUT2D eigenvalue weighted by molar-refractivity contribution is 7.89. The number of sulfonamides is 1. The van der Waals surface area contributed by atoms with Crippen LogP contribution in [0.4, 0.5) is 0 Å². The number of piperidine rings is 1. The molecule has 0 aliphatic carbocycles. The predicted molar refractivity (Wildman–Crippen MR) is 76.2 cm³/mol. The van der Waals surface area contributed by atoms with E-state index < -0.39 is 10.0 Å². The van der Waals surface area contributed by atoms with E-state index in [0.29, 0.717) is 30.4 Å². The quantitative estimate of drug-likeness (QED) is 0.920. The highest BCUT2D eigenvalue weighted by atomic mass is 32.2. The lowest BCUT2D eigenvalue weighted by Crippen LogP contribution is -2.37. The Morgan fingerprint density at radius 2 is 1.95 bits per heavy atom. The molecule has 1 fully saturated rings. The van der Waals surface area contributed by atoms with Gasteiger partial charge < -0.3 is 5.73 Å². The van der Waals surface area contributed by atoms with Crippen molar-refractivity contribution >= 4 is 10.0 Å². The van der Waals surface area contributed by atoms with Gasteiger partial charge in [0, 0.05) is 19.6 Å². The summed E-state index contributed by atoms with van der Waals surface area (Å²) in [5.74, 6) is 0.618. The minimum atomic E-state index is -3.34. The summed E-state index contributed by atoms with van der Waals surface area (Å²) in [6, 6.07) is 5.22. The number of aryl methyl sites for hydroxylation is 1. The van der Waals surface area contributed by atoms with Gasteiger partial charge in [0.1, 0.15) is 0 Å². The van der Waals surface area contributed by atoms with Gasteiger partial charge >= 0.3 is 0 Å². The molecule has 1 heterocycles. The summed E-state index contributed by atoms with van der Waals surface area (Å²) in [7, 11) is -3.34. The molecule has 1 aliphatic heterocycles. The van der Waals surface area contributed by atoms with Gasteiger partial charge in [-0.05, 0) is 48.9 Å². The first-order valence-corrected chi connectivity index (χ1v) is 8.19. The summed E-state index contributed by atoms with van der Waals surface area (Å²) in [6.07, 6.45) is 1.89. The molecule has 1 aromatic rings. The van der Waals surface area contributed by atoms with E-state index >= 15 is 0 Å². The Hall–Kier alpha value is -0.910. The van der Waals surface area contributed by atoms with Crippen LogP contribution in [-0.2, 0) is 16.6 Å². The molecule has 1 aromatic carbocycles. The fourth-order valence-electron chi connectivity index (χ4n) is 2.43. The molecule has 106 valence electrons. The number of hydrogen-bond donors (Lipinski definition) is 1. The zero-order chi connectivity index (χ0) is 14.0. The van der Waals surface area contributed by atoms with Crippen molar-refractivity contribution in [2.45, 2.75) is 38.1 Å². The average molecular weight is 282 g/mol. The summed E-state index contributed by atoms with van der Waals surface area (Å²) in [5, 5.41) is 0. The molecule has 0 spiro atoms. The van der Waals surface area contributed by atoms with Gasteiger partial charge in [0.25, 0.3) is 0 Å². The third-order valence-electron chi connectivity index (χ3n) is 3.91.